The third kappa shape index (κ3) is 5.73. The number of hydrogen-bond donors (Lipinski definition) is 1. The molecule has 29 heavy (non-hydrogen) atoms. The van der Waals surface area contributed by atoms with Gasteiger partial charge in [0.15, 0.2) is 6.61 Å². The molecule has 6 nitrogen and oxygen atoms in total. The van der Waals surface area contributed by atoms with Crippen molar-refractivity contribution in [3.05, 3.63) is 59.2 Å². The summed E-state index contributed by atoms with van der Waals surface area (Å²) in [6.07, 6.45) is 2.24. The number of methoxy groups -OCH3 is 2. The maximum Gasteiger partial charge on any atom is 0.310 e. The van der Waals surface area contributed by atoms with Crippen molar-refractivity contribution in [1.29, 1.82) is 0 Å². The van der Waals surface area contributed by atoms with Crippen LogP contribution in [0.3, 0.4) is 0 Å². The molecule has 0 heterocycles. The average molecular weight is 397 g/mol. The molecule has 1 fully saturated rings. The van der Waals surface area contributed by atoms with E-state index < -0.39 is 5.97 Å². The van der Waals surface area contributed by atoms with Gasteiger partial charge in [0.25, 0.3) is 5.91 Å². The van der Waals surface area contributed by atoms with Gasteiger partial charge in [-0.25, -0.2) is 0 Å². The Morgan fingerprint density at radius 1 is 1.07 bits per heavy atom. The number of rotatable bonds is 9. The summed E-state index contributed by atoms with van der Waals surface area (Å²) >= 11 is 0. The molecule has 1 aliphatic rings. The van der Waals surface area contributed by atoms with Crippen LogP contribution >= 0.6 is 0 Å². The van der Waals surface area contributed by atoms with Gasteiger partial charge in [-0.15, -0.1) is 0 Å². The van der Waals surface area contributed by atoms with Gasteiger partial charge in [0.1, 0.15) is 11.5 Å². The van der Waals surface area contributed by atoms with Gasteiger partial charge in [0, 0.05) is 0 Å². The maximum atomic E-state index is 12.4. The van der Waals surface area contributed by atoms with Gasteiger partial charge >= 0.3 is 5.97 Å². The minimum absolute atomic E-state index is 0.0755. The molecule has 3 rings (SSSR count). The predicted octanol–water partition coefficient (Wildman–Crippen LogP) is 3.37. The number of aryl methyl sites for hydroxylation is 1. The monoisotopic (exact) mass is 397 g/mol. The van der Waals surface area contributed by atoms with E-state index in [1.165, 1.54) is 0 Å². The lowest BCUT2D eigenvalue weighted by molar-refractivity contribution is -0.148. The highest BCUT2D eigenvalue weighted by Gasteiger charge is 2.33. The highest BCUT2D eigenvalue weighted by Crippen LogP contribution is 2.41. The summed E-state index contributed by atoms with van der Waals surface area (Å²) in [5.74, 6) is 1.17. The summed E-state index contributed by atoms with van der Waals surface area (Å²) < 4.78 is 15.6. The third-order valence-corrected chi connectivity index (χ3v) is 5.07. The fourth-order valence-electron chi connectivity index (χ4n) is 3.27. The maximum absolute atomic E-state index is 12.4. The van der Waals surface area contributed by atoms with Crippen LogP contribution in [0.2, 0.25) is 0 Å². The van der Waals surface area contributed by atoms with Crippen LogP contribution in [0.15, 0.2) is 42.5 Å². The van der Waals surface area contributed by atoms with E-state index in [0.717, 1.165) is 41.0 Å². The van der Waals surface area contributed by atoms with E-state index in [1.54, 1.807) is 14.2 Å². The molecule has 0 radical (unpaired) electrons. The van der Waals surface area contributed by atoms with Crippen molar-refractivity contribution in [2.75, 3.05) is 20.8 Å². The number of carbonyl (C=O) groups excluding carboxylic acids is 2. The standard InChI is InChI=1S/C23H27NO5/c1-15-4-5-16(12-20(15)28-3)13-22(26)29-14-21(25)24-23(17-6-7-17)18-8-10-19(27-2)11-9-18/h4-5,8-12,17,23H,6-7,13-14H2,1-3H3,(H,24,25). The smallest absolute Gasteiger partial charge is 0.310 e. The number of amides is 1. The third-order valence-electron chi connectivity index (χ3n) is 5.07. The number of carbonyl (C=O) groups is 2. The molecule has 0 bridgehead atoms. The molecule has 0 aromatic heterocycles. The molecule has 2 aromatic rings. The summed E-state index contributed by atoms with van der Waals surface area (Å²) in [5.41, 5.74) is 2.81. The molecule has 1 aliphatic carbocycles. The van der Waals surface area contributed by atoms with Crippen molar-refractivity contribution in [2.45, 2.75) is 32.2 Å². The van der Waals surface area contributed by atoms with Crippen LogP contribution in [0, 0.1) is 12.8 Å². The largest absolute Gasteiger partial charge is 0.497 e. The van der Waals surface area contributed by atoms with Gasteiger partial charge in [-0.2, -0.15) is 0 Å². The van der Waals surface area contributed by atoms with E-state index in [0.29, 0.717) is 5.92 Å². The lowest BCUT2D eigenvalue weighted by Crippen LogP contribution is -2.33. The Bertz CT molecular complexity index is 858. The van der Waals surface area contributed by atoms with Crippen LogP contribution in [0.25, 0.3) is 0 Å². The van der Waals surface area contributed by atoms with Crippen LogP contribution in [-0.4, -0.2) is 32.7 Å². The molecule has 1 atom stereocenters. The van der Waals surface area contributed by atoms with Crippen LogP contribution in [0.4, 0.5) is 0 Å². The topological polar surface area (TPSA) is 73.9 Å². The van der Waals surface area contributed by atoms with Gasteiger partial charge in [0.05, 0.1) is 26.7 Å². The van der Waals surface area contributed by atoms with Crippen molar-refractivity contribution in [3.8, 4) is 11.5 Å². The minimum Gasteiger partial charge on any atom is -0.497 e. The van der Waals surface area contributed by atoms with Crippen LogP contribution in [0.5, 0.6) is 11.5 Å². The summed E-state index contributed by atoms with van der Waals surface area (Å²) in [5, 5.41) is 3.00. The number of hydrogen-bond acceptors (Lipinski definition) is 5. The zero-order valence-corrected chi connectivity index (χ0v) is 17.1. The first kappa shape index (κ1) is 20.7. The quantitative estimate of drug-likeness (QED) is 0.657. The van der Waals surface area contributed by atoms with Gasteiger partial charge in [-0.05, 0) is 60.6 Å². The van der Waals surface area contributed by atoms with Gasteiger partial charge < -0.3 is 19.5 Å². The second kappa shape index (κ2) is 9.45. The zero-order chi connectivity index (χ0) is 20.8. The molecule has 1 unspecified atom stereocenters. The Hall–Kier alpha value is -3.02. The van der Waals surface area contributed by atoms with E-state index in [4.69, 9.17) is 14.2 Å². The Labute approximate surface area is 171 Å². The highest BCUT2D eigenvalue weighted by molar-refractivity contribution is 5.81. The number of ether oxygens (including phenoxy) is 3. The molecule has 1 amide bonds. The molecule has 0 saturated heterocycles. The molecule has 1 saturated carbocycles. The zero-order valence-electron chi connectivity index (χ0n) is 17.1. The van der Waals surface area contributed by atoms with Crippen LogP contribution in [-0.2, 0) is 20.7 Å². The van der Waals surface area contributed by atoms with Crippen LogP contribution < -0.4 is 14.8 Å². The normalized spacial score (nSPS) is 14.0. The number of benzene rings is 2. The van der Waals surface area contributed by atoms with Gasteiger partial charge in [-0.1, -0.05) is 24.3 Å². The number of nitrogens with one attached hydrogen (secondary N) is 1. The number of esters is 1. The lowest BCUT2D eigenvalue weighted by Gasteiger charge is -2.19. The van der Waals surface area contributed by atoms with Gasteiger partial charge in [-0.3, -0.25) is 9.59 Å². The van der Waals surface area contributed by atoms with Crippen molar-refractivity contribution < 1.29 is 23.8 Å². The van der Waals surface area contributed by atoms with E-state index in [1.807, 2.05) is 49.4 Å². The second-order valence-corrected chi connectivity index (χ2v) is 7.30. The molecule has 6 heteroatoms. The molecular weight excluding hydrogens is 370 g/mol. The van der Waals surface area contributed by atoms with E-state index in [-0.39, 0.29) is 25.0 Å². The summed E-state index contributed by atoms with van der Waals surface area (Å²) in [7, 11) is 3.21. The van der Waals surface area contributed by atoms with E-state index >= 15 is 0 Å². The Morgan fingerprint density at radius 3 is 2.41 bits per heavy atom. The molecular formula is C23H27NO5. The first-order chi connectivity index (χ1) is 14.0. The van der Waals surface area contributed by atoms with Crippen molar-refractivity contribution >= 4 is 11.9 Å². The Balaban J connectivity index is 1.52. The average Bonchev–Trinajstić information content (AvgIpc) is 3.57. The summed E-state index contributed by atoms with van der Waals surface area (Å²) in [4.78, 5) is 24.5. The minimum atomic E-state index is -0.446. The summed E-state index contributed by atoms with van der Waals surface area (Å²) in [6.45, 7) is 1.64. The molecule has 1 N–H and O–H groups in total. The lowest BCUT2D eigenvalue weighted by atomic mass is 10.0. The van der Waals surface area contributed by atoms with E-state index in [9.17, 15) is 9.59 Å². The SMILES string of the molecule is COc1ccc(C(NC(=O)COC(=O)Cc2ccc(C)c(OC)c2)C2CC2)cc1. The van der Waals surface area contributed by atoms with E-state index in [2.05, 4.69) is 5.32 Å². The first-order valence-electron chi connectivity index (χ1n) is 9.72. The Morgan fingerprint density at radius 2 is 1.79 bits per heavy atom. The second-order valence-electron chi connectivity index (χ2n) is 7.30. The fourth-order valence-corrected chi connectivity index (χ4v) is 3.27. The fraction of sp³-hybridized carbons (Fsp3) is 0.391. The molecule has 2 aromatic carbocycles. The van der Waals surface area contributed by atoms with Crippen LogP contribution in [0.1, 0.15) is 35.6 Å². The summed E-state index contributed by atoms with van der Waals surface area (Å²) in [6, 6.07) is 13.2. The highest BCUT2D eigenvalue weighted by atomic mass is 16.5. The first-order valence-corrected chi connectivity index (χ1v) is 9.72. The Kier molecular flexibility index (Phi) is 6.75. The predicted molar refractivity (Wildman–Crippen MR) is 109 cm³/mol. The molecule has 0 aliphatic heterocycles. The van der Waals surface area contributed by atoms with Crippen molar-refractivity contribution in [2.24, 2.45) is 5.92 Å². The molecule has 0 spiro atoms. The van der Waals surface area contributed by atoms with Crippen molar-refractivity contribution in [1.82, 2.24) is 5.32 Å². The molecule has 154 valence electrons. The van der Waals surface area contributed by atoms with Gasteiger partial charge in [0.2, 0.25) is 0 Å². The van der Waals surface area contributed by atoms with Crippen molar-refractivity contribution in [3.63, 3.8) is 0 Å².